The largest absolute Gasteiger partial charge is 0.497 e. The molecule has 9 heteroatoms. The standard InChI is InChI=1S/C27H30ClN3O4S/c1-35-25-12-14-26(15-13-25)36(33,34)31(24-7-5-6-22(28)18-24)20-27(32)29-19-21-8-10-23(11-9-21)30-16-3-2-4-17-30/h5-15,18H,2-4,16-17,19-20H2,1H3,(H,29,32). The zero-order chi connectivity index (χ0) is 25.5. The average molecular weight is 528 g/mol. The summed E-state index contributed by atoms with van der Waals surface area (Å²) in [7, 11) is -2.53. The van der Waals surface area contributed by atoms with Crippen LogP contribution in [0.25, 0.3) is 0 Å². The van der Waals surface area contributed by atoms with Crippen molar-refractivity contribution < 1.29 is 17.9 Å². The molecule has 1 saturated heterocycles. The third-order valence-electron chi connectivity index (χ3n) is 6.18. The Bertz CT molecular complexity index is 1280. The molecule has 3 aromatic rings. The first kappa shape index (κ1) is 25.9. The Kier molecular flexibility index (Phi) is 8.38. The molecule has 3 aromatic carbocycles. The molecular formula is C27H30ClN3O4S. The number of halogens is 1. The molecule has 1 amide bonds. The first-order valence-electron chi connectivity index (χ1n) is 11.9. The van der Waals surface area contributed by atoms with Crippen molar-refractivity contribution in [3.8, 4) is 5.75 Å². The van der Waals surface area contributed by atoms with Gasteiger partial charge in [-0.25, -0.2) is 8.42 Å². The zero-order valence-electron chi connectivity index (χ0n) is 20.2. The number of nitrogens with zero attached hydrogens (tertiary/aromatic N) is 2. The van der Waals surface area contributed by atoms with Gasteiger partial charge in [0.25, 0.3) is 10.0 Å². The number of benzene rings is 3. The van der Waals surface area contributed by atoms with E-state index in [9.17, 15) is 13.2 Å². The van der Waals surface area contributed by atoms with Crippen LogP contribution in [-0.2, 0) is 21.4 Å². The molecule has 1 fully saturated rings. The summed E-state index contributed by atoms with van der Waals surface area (Å²) in [4.78, 5) is 15.3. The third-order valence-corrected chi connectivity index (χ3v) is 8.20. The van der Waals surface area contributed by atoms with E-state index in [1.807, 2.05) is 12.1 Å². The van der Waals surface area contributed by atoms with Gasteiger partial charge in [0, 0.05) is 30.3 Å². The highest BCUT2D eigenvalue weighted by molar-refractivity contribution is 7.92. The smallest absolute Gasteiger partial charge is 0.264 e. The van der Waals surface area contributed by atoms with Gasteiger partial charge in [0.05, 0.1) is 17.7 Å². The number of hydrogen-bond donors (Lipinski definition) is 1. The van der Waals surface area contributed by atoms with Gasteiger partial charge in [-0.05, 0) is 79.4 Å². The minimum absolute atomic E-state index is 0.0457. The fraction of sp³-hybridized carbons (Fsp3) is 0.296. The van der Waals surface area contributed by atoms with Crippen molar-refractivity contribution in [1.29, 1.82) is 0 Å². The molecule has 0 aliphatic carbocycles. The molecule has 1 aliphatic rings. The summed E-state index contributed by atoms with van der Waals surface area (Å²) in [5.74, 6) is 0.111. The Balaban J connectivity index is 1.47. The van der Waals surface area contributed by atoms with Crippen molar-refractivity contribution in [3.63, 3.8) is 0 Å². The third kappa shape index (κ3) is 6.30. The quantitative estimate of drug-likeness (QED) is 0.430. The van der Waals surface area contributed by atoms with Gasteiger partial charge in [0.15, 0.2) is 0 Å². The number of sulfonamides is 1. The summed E-state index contributed by atoms with van der Waals surface area (Å²) >= 11 is 6.13. The van der Waals surface area contributed by atoms with E-state index in [-0.39, 0.29) is 11.4 Å². The minimum atomic E-state index is -4.04. The maximum absolute atomic E-state index is 13.5. The van der Waals surface area contributed by atoms with Crippen LogP contribution in [0.1, 0.15) is 24.8 Å². The molecule has 1 aliphatic heterocycles. The molecular weight excluding hydrogens is 498 g/mol. The highest BCUT2D eigenvalue weighted by atomic mass is 35.5. The van der Waals surface area contributed by atoms with E-state index in [2.05, 4.69) is 22.3 Å². The van der Waals surface area contributed by atoms with E-state index in [0.717, 1.165) is 23.0 Å². The van der Waals surface area contributed by atoms with Crippen LogP contribution in [0.4, 0.5) is 11.4 Å². The fourth-order valence-corrected chi connectivity index (χ4v) is 5.78. The highest BCUT2D eigenvalue weighted by Gasteiger charge is 2.27. The molecule has 1 heterocycles. The lowest BCUT2D eigenvalue weighted by atomic mass is 10.1. The summed E-state index contributed by atoms with van der Waals surface area (Å²) in [6, 6.07) is 20.6. The normalized spacial score (nSPS) is 13.8. The van der Waals surface area contributed by atoms with Crippen LogP contribution >= 0.6 is 11.6 Å². The van der Waals surface area contributed by atoms with Crippen molar-refractivity contribution in [2.75, 3.05) is 35.9 Å². The number of methoxy groups -OCH3 is 1. The molecule has 190 valence electrons. The second-order valence-corrected chi connectivity index (χ2v) is 11.0. The zero-order valence-corrected chi connectivity index (χ0v) is 21.8. The summed E-state index contributed by atoms with van der Waals surface area (Å²) in [5, 5.41) is 3.21. The van der Waals surface area contributed by atoms with E-state index in [1.54, 1.807) is 30.3 Å². The molecule has 0 radical (unpaired) electrons. The number of anilines is 2. The van der Waals surface area contributed by atoms with Crippen LogP contribution < -0.4 is 19.3 Å². The van der Waals surface area contributed by atoms with Gasteiger partial charge >= 0.3 is 0 Å². The molecule has 0 aromatic heterocycles. The van der Waals surface area contributed by atoms with E-state index in [0.29, 0.717) is 23.0 Å². The Morgan fingerprint density at radius 2 is 1.69 bits per heavy atom. The minimum Gasteiger partial charge on any atom is -0.497 e. The lowest BCUT2D eigenvalue weighted by Crippen LogP contribution is -2.40. The summed E-state index contributed by atoms with van der Waals surface area (Å²) < 4.78 is 33.2. The maximum atomic E-state index is 13.5. The van der Waals surface area contributed by atoms with Crippen LogP contribution in [-0.4, -0.2) is 41.1 Å². The SMILES string of the molecule is COc1ccc(S(=O)(=O)N(CC(=O)NCc2ccc(N3CCCCC3)cc2)c2cccc(Cl)c2)cc1. The second kappa shape index (κ2) is 11.7. The molecule has 0 atom stereocenters. The number of carbonyl (C=O) groups excluding carboxylic acids is 1. The summed E-state index contributed by atoms with van der Waals surface area (Å²) in [6.07, 6.45) is 3.70. The molecule has 36 heavy (non-hydrogen) atoms. The van der Waals surface area contributed by atoms with E-state index in [1.165, 1.54) is 50.3 Å². The molecule has 0 saturated carbocycles. The Morgan fingerprint density at radius 3 is 2.33 bits per heavy atom. The lowest BCUT2D eigenvalue weighted by molar-refractivity contribution is -0.119. The summed E-state index contributed by atoms with van der Waals surface area (Å²) in [6.45, 7) is 2.04. The first-order valence-corrected chi connectivity index (χ1v) is 13.7. The Hall–Kier alpha value is -3.23. The van der Waals surface area contributed by atoms with Gasteiger partial charge in [0.2, 0.25) is 5.91 Å². The Labute approximate surface area is 217 Å². The number of ether oxygens (including phenoxy) is 1. The van der Waals surface area contributed by atoms with Gasteiger partial charge in [-0.3, -0.25) is 9.10 Å². The predicted molar refractivity (Wildman–Crippen MR) is 143 cm³/mol. The van der Waals surface area contributed by atoms with Crippen molar-refractivity contribution in [2.45, 2.75) is 30.7 Å². The molecule has 4 rings (SSSR count). The van der Waals surface area contributed by atoms with Gasteiger partial charge in [-0.15, -0.1) is 0 Å². The lowest BCUT2D eigenvalue weighted by Gasteiger charge is -2.28. The van der Waals surface area contributed by atoms with Crippen LogP contribution in [0.3, 0.4) is 0 Å². The number of hydrogen-bond acceptors (Lipinski definition) is 5. The van der Waals surface area contributed by atoms with Crippen LogP contribution in [0.2, 0.25) is 5.02 Å². The van der Waals surface area contributed by atoms with Crippen LogP contribution in [0.5, 0.6) is 5.75 Å². The predicted octanol–water partition coefficient (Wildman–Crippen LogP) is 4.85. The first-order chi connectivity index (χ1) is 17.4. The van der Waals surface area contributed by atoms with E-state index < -0.39 is 15.9 Å². The van der Waals surface area contributed by atoms with Crippen molar-refractivity contribution >= 4 is 38.9 Å². The molecule has 0 spiro atoms. The van der Waals surface area contributed by atoms with Gasteiger partial charge in [-0.1, -0.05) is 29.8 Å². The highest BCUT2D eigenvalue weighted by Crippen LogP contribution is 2.27. The van der Waals surface area contributed by atoms with Crippen LogP contribution in [0.15, 0.2) is 77.7 Å². The second-order valence-electron chi connectivity index (χ2n) is 8.66. The van der Waals surface area contributed by atoms with Gasteiger partial charge < -0.3 is 15.0 Å². The molecule has 0 unspecified atom stereocenters. The van der Waals surface area contributed by atoms with E-state index >= 15 is 0 Å². The van der Waals surface area contributed by atoms with Gasteiger partial charge in [-0.2, -0.15) is 0 Å². The van der Waals surface area contributed by atoms with Crippen LogP contribution in [0, 0.1) is 0 Å². The average Bonchev–Trinajstić information content (AvgIpc) is 2.91. The van der Waals surface area contributed by atoms with E-state index in [4.69, 9.17) is 16.3 Å². The molecule has 1 N–H and O–H groups in total. The number of nitrogens with one attached hydrogen (secondary N) is 1. The van der Waals surface area contributed by atoms with Crippen molar-refractivity contribution in [1.82, 2.24) is 5.32 Å². The van der Waals surface area contributed by atoms with Gasteiger partial charge in [0.1, 0.15) is 12.3 Å². The maximum Gasteiger partial charge on any atom is 0.264 e. The fourth-order valence-electron chi connectivity index (χ4n) is 4.18. The molecule has 7 nitrogen and oxygen atoms in total. The molecule has 0 bridgehead atoms. The Morgan fingerprint density at radius 1 is 1.00 bits per heavy atom. The topological polar surface area (TPSA) is 79.0 Å². The van der Waals surface area contributed by atoms with Crippen molar-refractivity contribution in [2.24, 2.45) is 0 Å². The number of rotatable bonds is 9. The monoisotopic (exact) mass is 527 g/mol. The number of amides is 1. The summed E-state index contributed by atoms with van der Waals surface area (Å²) in [5.41, 5.74) is 2.43. The number of piperidine rings is 1. The van der Waals surface area contributed by atoms with Crippen molar-refractivity contribution in [3.05, 3.63) is 83.4 Å². The number of carbonyl (C=O) groups is 1.